The van der Waals surface area contributed by atoms with Crippen LogP contribution in [0.25, 0.3) is 0 Å². The Hall–Kier alpha value is 0.230. The van der Waals surface area contributed by atoms with Crippen LogP contribution in [0.5, 0.6) is 0 Å². The summed E-state index contributed by atoms with van der Waals surface area (Å²) in [5, 5.41) is 17.4. The van der Waals surface area contributed by atoms with Crippen molar-refractivity contribution in [2.45, 2.75) is 19.4 Å². The molecule has 0 aliphatic rings. The van der Waals surface area contributed by atoms with Crippen LogP contribution in [0.1, 0.15) is 13.3 Å². The van der Waals surface area contributed by atoms with E-state index in [4.69, 9.17) is 14.9 Å². The molecule has 2 N–H and O–H groups in total. The predicted molar refractivity (Wildman–Crippen MR) is 51.5 cm³/mol. The van der Waals surface area contributed by atoms with E-state index in [0.717, 1.165) is 25.4 Å². The van der Waals surface area contributed by atoms with Gasteiger partial charge >= 0.3 is 0 Å². The standard InChI is InChI=1S/C8H18O3S/c1-2-3-11-4-5-12-7-8(10)6-9/h8-10H,2-7H2,1H3. The van der Waals surface area contributed by atoms with Gasteiger partial charge in [-0.15, -0.1) is 0 Å². The van der Waals surface area contributed by atoms with Crippen LogP contribution in [-0.2, 0) is 4.74 Å². The van der Waals surface area contributed by atoms with E-state index >= 15 is 0 Å². The molecule has 0 amide bonds. The molecule has 1 unspecified atom stereocenters. The van der Waals surface area contributed by atoms with Crippen LogP contribution in [0.3, 0.4) is 0 Å². The number of hydrogen-bond donors (Lipinski definition) is 2. The maximum absolute atomic E-state index is 8.95. The molecule has 3 nitrogen and oxygen atoms in total. The molecule has 0 aromatic rings. The first kappa shape index (κ1) is 12.2. The van der Waals surface area contributed by atoms with E-state index in [0.29, 0.717) is 5.75 Å². The van der Waals surface area contributed by atoms with Gasteiger partial charge in [0.15, 0.2) is 0 Å². The van der Waals surface area contributed by atoms with Crippen LogP contribution in [-0.4, -0.2) is 47.6 Å². The van der Waals surface area contributed by atoms with Gasteiger partial charge in [0.05, 0.1) is 19.3 Å². The first-order valence-electron chi connectivity index (χ1n) is 4.25. The summed E-state index contributed by atoms with van der Waals surface area (Å²) in [6.45, 7) is 3.46. The highest BCUT2D eigenvalue weighted by atomic mass is 32.2. The molecule has 12 heavy (non-hydrogen) atoms. The van der Waals surface area contributed by atoms with E-state index in [-0.39, 0.29) is 6.61 Å². The molecule has 4 heteroatoms. The summed E-state index contributed by atoms with van der Waals surface area (Å²) < 4.78 is 5.23. The van der Waals surface area contributed by atoms with Crippen LogP contribution >= 0.6 is 11.8 Å². The van der Waals surface area contributed by atoms with Crippen molar-refractivity contribution in [3.05, 3.63) is 0 Å². The third kappa shape index (κ3) is 8.33. The molecular formula is C8H18O3S. The molecule has 0 fully saturated rings. The molecule has 0 aromatic heterocycles. The van der Waals surface area contributed by atoms with Gasteiger partial charge in [-0.05, 0) is 6.42 Å². The van der Waals surface area contributed by atoms with Gasteiger partial charge in [-0.2, -0.15) is 11.8 Å². The average Bonchev–Trinajstić information content (AvgIpc) is 2.10. The maximum Gasteiger partial charge on any atom is 0.0861 e. The molecule has 0 aromatic carbocycles. The largest absolute Gasteiger partial charge is 0.394 e. The van der Waals surface area contributed by atoms with Crippen LogP contribution in [0, 0.1) is 0 Å². The first-order chi connectivity index (χ1) is 5.81. The zero-order valence-corrected chi connectivity index (χ0v) is 8.35. The minimum atomic E-state index is -0.582. The normalized spacial score (nSPS) is 13.2. The zero-order valence-electron chi connectivity index (χ0n) is 7.53. The van der Waals surface area contributed by atoms with Gasteiger partial charge in [-0.3, -0.25) is 0 Å². The van der Waals surface area contributed by atoms with Crippen molar-refractivity contribution in [3.63, 3.8) is 0 Å². The minimum absolute atomic E-state index is 0.150. The fourth-order valence-corrected chi connectivity index (χ4v) is 1.42. The Bertz CT molecular complexity index is 90.4. The molecule has 0 aliphatic carbocycles. The lowest BCUT2D eigenvalue weighted by Crippen LogP contribution is -2.15. The van der Waals surface area contributed by atoms with Crippen LogP contribution in [0.4, 0.5) is 0 Å². The van der Waals surface area contributed by atoms with Crippen LogP contribution in [0.2, 0.25) is 0 Å². The highest BCUT2D eigenvalue weighted by Crippen LogP contribution is 2.02. The quantitative estimate of drug-likeness (QED) is 0.552. The highest BCUT2D eigenvalue weighted by molar-refractivity contribution is 7.99. The molecule has 0 saturated heterocycles. The summed E-state index contributed by atoms with van der Waals surface area (Å²) >= 11 is 1.60. The van der Waals surface area contributed by atoms with Gasteiger partial charge in [0.25, 0.3) is 0 Å². The number of ether oxygens (including phenoxy) is 1. The summed E-state index contributed by atoms with van der Waals surface area (Å²) in [6.07, 6.45) is 0.463. The van der Waals surface area contributed by atoms with Crippen molar-refractivity contribution in [1.82, 2.24) is 0 Å². The molecule has 0 radical (unpaired) electrons. The molecule has 0 saturated carbocycles. The molecule has 0 rings (SSSR count). The van der Waals surface area contributed by atoms with Crippen molar-refractivity contribution in [2.75, 3.05) is 31.3 Å². The third-order valence-electron chi connectivity index (χ3n) is 1.24. The molecular weight excluding hydrogens is 176 g/mol. The van der Waals surface area contributed by atoms with Crippen LogP contribution in [0.15, 0.2) is 0 Å². The van der Waals surface area contributed by atoms with Crippen molar-refractivity contribution < 1.29 is 14.9 Å². The summed E-state index contributed by atoms with van der Waals surface area (Å²) in [7, 11) is 0. The van der Waals surface area contributed by atoms with Gasteiger partial charge in [0.2, 0.25) is 0 Å². The molecule has 0 aliphatic heterocycles. The van der Waals surface area contributed by atoms with E-state index < -0.39 is 6.10 Å². The number of hydrogen-bond acceptors (Lipinski definition) is 4. The monoisotopic (exact) mass is 194 g/mol. The third-order valence-corrected chi connectivity index (χ3v) is 2.32. The molecule has 0 bridgehead atoms. The minimum Gasteiger partial charge on any atom is -0.394 e. The van der Waals surface area contributed by atoms with Crippen molar-refractivity contribution in [2.24, 2.45) is 0 Å². The van der Waals surface area contributed by atoms with Gasteiger partial charge in [-0.25, -0.2) is 0 Å². The second kappa shape index (κ2) is 9.32. The Morgan fingerprint density at radius 1 is 1.42 bits per heavy atom. The van der Waals surface area contributed by atoms with Crippen molar-refractivity contribution in [1.29, 1.82) is 0 Å². The fourth-order valence-electron chi connectivity index (χ4n) is 0.636. The zero-order chi connectivity index (χ0) is 9.23. The van der Waals surface area contributed by atoms with Gasteiger partial charge < -0.3 is 14.9 Å². The lowest BCUT2D eigenvalue weighted by molar-refractivity contribution is 0.113. The number of thioether (sulfide) groups is 1. The summed E-state index contributed by atoms with van der Waals surface area (Å²) in [4.78, 5) is 0. The van der Waals surface area contributed by atoms with E-state index in [9.17, 15) is 0 Å². The first-order valence-corrected chi connectivity index (χ1v) is 5.41. The van der Waals surface area contributed by atoms with E-state index in [1.54, 1.807) is 11.8 Å². The SMILES string of the molecule is CCCOCCSCC(O)CO. The van der Waals surface area contributed by atoms with E-state index in [1.807, 2.05) is 0 Å². The number of rotatable bonds is 8. The second-order valence-corrected chi connectivity index (χ2v) is 3.67. The molecule has 74 valence electrons. The predicted octanol–water partition coefficient (Wildman–Crippen LogP) is 0.499. The van der Waals surface area contributed by atoms with Gasteiger partial charge in [0.1, 0.15) is 0 Å². The molecule has 1 atom stereocenters. The lowest BCUT2D eigenvalue weighted by atomic mass is 10.4. The van der Waals surface area contributed by atoms with Gasteiger partial charge in [0, 0.05) is 18.1 Å². The maximum atomic E-state index is 8.95. The Balaban J connectivity index is 2.90. The highest BCUT2D eigenvalue weighted by Gasteiger charge is 2.00. The number of aliphatic hydroxyl groups excluding tert-OH is 2. The van der Waals surface area contributed by atoms with Gasteiger partial charge in [-0.1, -0.05) is 6.92 Å². The average molecular weight is 194 g/mol. The van der Waals surface area contributed by atoms with Crippen LogP contribution < -0.4 is 0 Å². The van der Waals surface area contributed by atoms with Crippen molar-refractivity contribution >= 4 is 11.8 Å². The second-order valence-electron chi connectivity index (χ2n) is 2.52. The summed E-state index contributed by atoms with van der Waals surface area (Å²) in [6, 6.07) is 0. The topological polar surface area (TPSA) is 49.7 Å². The van der Waals surface area contributed by atoms with E-state index in [1.165, 1.54) is 0 Å². The lowest BCUT2D eigenvalue weighted by Gasteiger charge is -2.06. The Morgan fingerprint density at radius 2 is 2.17 bits per heavy atom. The van der Waals surface area contributed by atoms with Crippen molar-refractivity contribution in [3.8, 4) is 0 Å². The Labute approximate surface area is 78.1 Å². The molecule has 0 spiro atoms. The summed E-state index contributed by atoms with van der Waals surface area (Å²) in [5.41, 5.74) is 0. The smallest absolute Gasteiger partial charge is 0.0861 e. The Morgan fingerprint density at radius 3 is 2.75 bits per heavy atom. The summed E-state index contributed by atoms with van der Waals surface area (Å²) in [5.74, 6) is 1.48. The number of aliphatic hydroxyl groups is 2. The molecule has 0 heterocycles. The van der Waals surface area contributed by atoms with E-state index in [2.05, 4.69) is 6.92 Å². The Kier molecular flexibility index (Phi) is 9.50. The fraction of sp³-hybridized carbons (Fsp3) is 1.00.